The molecule has 3 aromatic carbocycles. The SMILES string of the molecule is N#Cc1ccc(C(=Nc2ccccc2)c2ccccc2)cc1. The number of para-hydroxylation sites is 1. The van der Waals surface area contributed by atoms with Gasteiger partial charge in [-0.2, -0.15) is 5.26 Å². The highest BCUT2D eigenvalue weighted by atomic mass is 14.7. The van der Waals surface area contributed by atoms with Gasteiger partial charge in [-0.3, -0.25) is 0 Å². The van der Waals surface area contributed by atoms with Crippen molar-refractivity contribution in [2.45, 2.75) is 0 Å². The van der Waals surface area contributed by atoms with Crippen molar-refractivity contribution in [3.63, 3.8) is 0 Å². The Morgan fingerprint density at radius 3 is 1.82 bits per heavy atom. The zero-order chi connectivity index (χ0) is 15.2. The predicted molar refractivity (Wildman–Crippen MR) is 89.3 cm³/mol. The van der Waals surface area contributed by atoms with E-state index in [0.29, 0.717) is 5.56 Å². The van der Waals surface area contributed by atoms with Crippen LogP contribution in [0.2, 0.25) is 0 Å². The second-order valence-electron chi connectivity index (χ2n) is 4.85. The molecule has 0 bridgehead atoms. The first-order chi connectivity index (χ1) is 10.9. The quantitative estimate of drug-likeness (QED) is 0.640. The predicted octanol–water partition coefficient (Wildman–Crippen LogP) is 4.73. The van der Waals surface area contributed by atoms with E-state index in [4.69, 9.17) is 10.3 Å². The van der Waals surface area contributed by atoms with Crippen LogP contribution in [-0.2, 0) is 0 Å². The van der Waals surface area contributed by atoms with Gasteiger partial charge in [-0.1, -0.05) is 60.7 Å². The van der Waals surface area contributed by atoms with Gasteiger partial charge in [0.15, 0.2) is 0 Å². The summed E-state index contributed by atoms with van der Waals surface area (Å²) in [5, 5.41) is 8.94. The van der Waals surface area contributed by atoms with Crippen LogP contribution in [0.1, 0.15) is 16.7 Å². The molecule has 0 heterocycles. The maximum atomic E-state index is 8.94. The second-order valence-corrected chi connectivity index (χ2v) is 4.85. The first-order valence-electron chi connectivity index (χ1n) is 7.06. The van der Waals surface area contributed by atoms with Gasteiger partial charge >= 0.3 is 0 Å². The summed E-state index contributed by atoms with van der Waals surface area (Å²) in [5.74, 6) is 0. The van der Waals surface area contributed by atoms with E-state index in [1.165, 1.54) is 0 Å². The summed E-state index contributed by atoms with van der Waals surface area (Å²) < 4.78 is 0. The number of benzene rings is 3. The van der Waals surface area contributed by atoms with E-state index in [1.807, 2.05) is 84.9 Å². The molecule has 0 fully saturated rings. The zero-order valence-corrected chi connectivity index (χ0v) is 12.0. The third-order valence-electron chi connectivity index (χ3n) is 3.33. The topological polar surface area (TPSA) is 36.1 Å². The van der Waals surface area contributed by atoms with E-state index >= 15 is 0 Å². The molecular weight excluding hydrogens is 268 g/mol. The summed E-state index contributed by atoms with van der Waals surface area (Å²) >= 11 is 0. The second kappa shape index (κ2) is 6.51. The molecule has 0 aliphatic carbocycles. The van der Waals surface area contributed by atoms with Crippen LogP contribution in [0.3, 0.4) is 0 Å². The zero-order valence-electron chi connectivity index (χ0n) is 12.0. The van der Waals surface area contributed by atoms with Crippen LogP contribution in [-0.4, -0.2) is 5.71 Å². The minimum atomic E-state index is 0.649. The maximum Gasteiger partial charge on any atom is 0.0991 e. The van der Waals surface area contributed by atoms with E-state index in [1.54, 1.807) is 0 Å². The third-order valence-corrected chi connectivity index (χ3v) is 3.33. The van der Waals surface area contributed by atoms with E-state index in [0.717, 1.165) is 22.5 Å². The van der Waals surface area contributed by atoms with Gasteiger partial charge < -0.3 is 0 Å². The van der Waals surface area contributed by atoms with Gasteiger partial charge in [-0.05, 0) is 24.3 Å². The lowest BCUT2D eigenvalue weighted by Crippen LogP contribution is -2.02. The summed E-state index contributed by atoms with van der Waals surface area (Å²) in [6.45, 7) is 0. The molecule has 0 amide bonds. The van der Waals surface area contributed by atoms with Gasteiger partial charge in [0.25, 0.3) is 0 Å². The molecule has 0 unspecified atom stereocenters. The van der Waals surface area contributed by atoms with Crippen LogP contribution >= 0.6 is 0 Å². The standard InChI is InChI=1S/C20H14N2/c21-15-16-11-13-18(14-12-16)20(17-7-3-1-4-8-17)22-19-9-5-2-6-10-19/h1-14H. The van der Waals surface area contributed by atoms with E-state index in [9.17, 15) is 0 Å². The lowest BCUT2D eigenvalue weighted by Gasteiger charge is -2.08. The Bertz CT molecular complexity index is 811. The molecule has 0 N–H and O–H groups in total. The number of aliphatic imine (C=N–C) groups is 1. The highest BCUT2D eigenvalue weighted by Gasteiger charge is 2.07. The highest BCUT2D eigenvalue weighted by molar-refractivity contribution is 6.13. The fourth-order valence-electron chi connectivity index (χ4n) is 2.23. The molecular formula is C20H14N2. The lowest BCUT2D eigenvalue weighted by molar-refractivity contribution is 1.45. The number of hydrogen-bond acceptors (Lipinski definition) is 2. The largest absolute Gasteiger partial charge is 0.248 e. The van der Waals surface area contributed by atoms with Crippen LogP contribution in [0.4, 0.5) is 5.69 Å². The summed E-state index contributed by atoms with van der Waals surface area (Å²) in [5.41, 5.74) is 4.50. The van der Waals surface area contributed by atoms with Gasteiger partial charge in [0, 0.05) is 11.1 Å². The molecule has 0 radical (unpaired) electrons. The summed E-state index contributed by atoms with van der Waals surface area (Å²) in [4.78, 5) is 4.79. The molecule has 2 nitrogen and oxygen atoms in total. The molecule has 0 aromatic heterocycles. The molecule has 0 atom stereocenters. The molecule has 0 saturated carbocycles. The first-order valence-corrected chi connectivity index (χ1v) is 7.06. The van der Waals surface area contributed by atoms with Crippen LogP contribution in [0.5, 0.6) is 0 Å². The van der Waals surface area contributed by atoms with Gasteiger partial charge in [-0.15, -0.1) is 0 Å². The van der Waals surface area contributed by atoms with Gasteiger partial charge in [0.2, 0.25) is 0 Å². The van der Waals surface area contributed by atoms with Crippen molar-refractivity contribution in [3.05, 3.63) is 102 Å². The fourth-order valence-corrected chi connectivity index (χ4v) is 2.23. The van der Waals surface area contributed by atoms with E-state index in [-0.39, 0.29) is 0 Å². The van der Waals surface area contributed by atoms with Gasteiger partial charge in [0.05, 0.1) is 23.0 Å². The summed E-state index contributed by atoms with van der Waals surface area (Å²) in [6, 6.07) is 29.6. The van der Waals surface area contributed by atoms with Gasteiger partial charge in [-0.25, -0.2) is 4.99 Å². The monoisotopic (exact) mass is 282 g/mol. The van der Waals surface area contributed by atoms with E-state index < -0.39 is 0 Å². The molecule has 0 aliphatic rings. The normalized spacial score (nSPS) is 11.0. The van der Waals surface area contributed by atoms with Crippen LogP contribution < -0.4 is 0 Å². The van der Waals surface area contributed by atoms with E-state index in [2.05, 4.69) is 6.07 Å². The van der Waals surface area contributed by atoms with Crippen LogP contribution in [0, 0.1) is 11.3 Å². The Kier molecular flexibility index (Phi) is 4.08. The maximum absolute atomic E-state index is 8.94. The average molecular weight is 282 g/mol. The average Bonchev–Trinajstić information content (AvgIpc) is 2.61. The fraction of sp³-hybridized carbons (Fsp3) is 0. The Morgan fingerprint density at radius 1 is 0.682 bits per heavy atom. The van der Waals surface area contributed by atoms with Crippen molar-refractivity contribution in [2.75, 3.05) is 0 Å². The van der Waals surface area contributed by atoms with Gasteiger partial charge in [0.1, 0.15) is 0 Å². The Balaban J connectivity index is 2.11. The first kappa shape index (κ1) is 13.8. The Morgan fingerprint density at radius 2 is 1.23 bits per heavy atom. The van der Waals surface area contributed by atoms with Crippen molar-refractivity contribution in [3.8, 4) is 6.07 Å². The number of nitriles is 1. The van der Waals surface area contributed by atoms with Crippen LogP contribution in [0.15, 0.2) is 89.9 Å². The third kappa shape index (κ3) is 3.11. The molecule has 104 valence electrons. The number of rotatable bonds is 3. The minimum Gasteiger partial charge on any atom is -0.248 e. The van der Waals surface area contributed by atoms with Crippen molar-refractivity contribution in [1.29, 1.82) is 5.26 Å². The van der Waals surface area contributed by atoms with Crippen molar-refractivity contribution in [2.24, 2.45) is 4.99 Å². The molecule has 3 aromatic rings. The molecule has 0 spiro atoms. The lowest BCUT2D eigenvalue weighted by atomic mass is 10.0. The summed E-state index contributed by atoms with van der Waals surface area (Å²) in [6.07, 6.45) is 0. The number of nitrogens with zero attached hydrogens (tertiary/aromatic N) is 2. The van der Waals surface area contributed by atoms with Crippen molar-refractivity contribution >= 4 is 11.4 Å². The Hall–Kier alpha value is -3.18. The molecule has 22 heavy (non-hydrogen) atoms. The highest BCUT2D eigenvalue weighted by Crippen LogP contribution is 2.18. The van der Waals surface area contributed by atoms with Crippen LogP contribution in [0.25, 0.3) is 0 Å². The number of hydrogen-bond donors (Lipinski definition) is 0. The minimum absolute atomic E-state index is 0.649. The smallest absolute Gasteiger partial charge is 0.0991 e. The molecule has 0 saturated heterocycles. The Labute approximate surface area is 130 Å². The molecule has 2 heteroatoms. The molecule has 0 aliphatic heterocycles. The summed E-state index contributed by atoms with van der Waals surface area (Å²) in [7, 11) is 0. The van der Waals surface area contributed by atoms with Crippen molar-refractivity contribution in [1.82, 2.24) is 0 Å². The van der Waals surface area contributed by atoms with Crippen molar-refractivity contribution < 1.29 is 0 Å². The molecule has 3 rings (SSSR count).